The van der Waals surface area contributed by atoms with Gasteiger partial charge in [-0.2, -0.15) is 0 Å². The van der Waals surface area contributed by atoms with Crippen molar-refractivity contribution in [3.05, 3.63) is 47.5 Å². The number of rotatable bonds is 4. The largest absolute Gasteiger partial charge is 0.464 e. The number of hydrogen-bond donors (Lipinski definition) is 0. The first kappa shape index (κ1) is 20.4. The van der Waals surface area contributed by atoms with Crippen LogP contribution in [0.4, 0.5) is 4.79 Å². The van der Waals surface area contributed by atoms with E-state index in [1.54, 1.807) is 11.8 Å². The van der Waals surface area contributed by atoms with E-state index in [9.17, 15) is 9.59 Å². The van der Waals surface area contributed by atoms with Crippen LogP contribution in [0, 0.1) is 11.3 Å². The molecule has 1 aromatic rings. The van der Waals surface area contributed by atoms with Gasteiger partial charge in [-0.1, -0.05) is 42.0 Å². The predicted molar refractivity (Wildman–Crippen MR) is 108 cm³/mol. The molecule has 1 saturated heterocycles. The molecule has 0 saturated carbocycles. The number of allylic oxidation sites excluding steroid dienone is 1. The Morgan fingerprint density at radius 2 is 1.89 bits per heavy atom. The van der Waals surface area contributed by atoms with Gasteiger partial charge in [0.1, 0.15) is 11.6 Å². The minimum absolute atomic E-state index is 0.000672. The molecule has 1 aliphatic carbocycles. The number of amides is 1. The van der Waals surface area contributed by atoms with E-state index in [2.05, 4.69) is 25.1 Å². The van der Waals surface area contributed by atoms with Crippen LogP contribution in [0.5, 0.6) is 0 Å². The molecule has 28 heavy (non-hydrogen) atoms. The molecule has 5 nitrogen and oxygen atoms in total. The lowest BCUT2D eigenvalue weighted by atomic mass is 9.70. The van der Waals surface area contributed by atoms with E-state index in [4.69, 9.17) is 9.47 Å². The molecule has 2 aliphatic rings. The van der Waals surface area contributed by atoms with Crippen molar-refractivity contribution in [2.75, 3.05) is 13.2 Å². The van der Waals surface area contributed by atoms with Crippen LogP contribution in [0.2, 0.25) is 0 Å². The van der Waals surface area contributed by atoms with Gasteiger partial charge in [-0.15, -0.1) is 0 Å². The fourth-order valence-electron chi connectivity index (χ4n) is 4.62. The highest BCUT2D eigenvalue weighted by molar-refractivity contribution is 5.83. The molecule has 0 N–H and O–H groups in total. The van der Waals surface area contributed by atoms with Gasteiger partial charge >= 0.3 is 12.1 Å². The zero-order valence-electron chi connectivity index (χ0n) is 17.5. The van der Waals surface area contributed by atoms with Gasteiger partial charge in [-0.05, 0) is 53.0 Å². The van der Waals surface area contributed by atoms with Crippen molar-refractivity contribution in [1.82, 2.24) is 4.90 Å². The van der Waals surface area contributed by atoms with Crippen molar-refractivity contribution >= 4 is 12.1 Å². The molecule has 3 atom stereocenters. The van der Waals surface area contributed by atoms with Gasteiger partial charge in [-0.3, -0.25) is 4.90 Å². The summed E-state index contributed by atoms with van der Waals surface area (Å²) in [6.45, 7) is 10.2. The molecule has 0 radical (unpaired) electrons. The lowest BCUT2D eigenvalue weighted by molar-refractivity contribution is -0.149. The minimum atomic E-state index is -0.620. The van der Waals surface area contributed by atoms with Gasteiger partial charge in [0, 0.05) is 17.9 Å². The third-order valence-corrected chi connectivity index (χ3v) is 5.86. The van der Waals surface area contributed by atoms with E-state index in [-0.39, 0.29) is 17.3 Å². The number of likely N-dealkylation sites (tertiary alicyclic amines) is 1. The van der Waals surface area contributed by atoms with Crippen LogP contribution < -0.4 is 0 Å². The number of esters is 1. The van der Waals surface area contributed by atoms with E-state index in [1.165, 1.54) is 11.1 Å². The average Bonchev–Trinajstić information content (AvgIpc) is 3.09. The molecule has 0 spiro atoms. The molecule has 1 heterocycles. The maximum Gasteiger partial charge on any atom is 0.411 e. The Hall–Kier alpha value is -2.30. The first-order valence-electron chi connectivity index (χ1n) is 10.1. The zero-order valence-corrected chi connectivity index (χ0v) is 17.5. The first-order valence-corrected chi connectivity index (χ1v) is 10.1. The van der Waals surface area contributed by atoms with Crippen LogP contribution in [0.3, 0.4) is 0 Å². The van der Waals surface area contributed by atoms with Gasteiger partial charge in [0.05, 0.1) is 6.61 Å². The number of fused-ring (bicyclic) bond motifs is 1. The zero-order chi connectivity index (χ0) is 20.5. The Balaban J connectivity index is 1.97. The van der Waals surface area contributed by atoms with E-state index in [0.717, 1.165) is 12.8 Å². The topological polar surface area (TPSA) is 55.8 Å². The monoisotopic (exact) mass is 385 g/mol. The van der Waals surface area contributed by atoms with E-state index >= 15 is 0 Å². The first-order chi connectivity index (χ1) is 13.2. The number of ether oxygens (including phenoxy) is 2. The number of carbonyl (C=O) groups excluding carboxylic acids is 2. The molecule has 1 aliphatic heterocycles. The SMILES string of the molecule is CCOC(=O)[C@@H]1[C@H]2CC=C(C)[C@@]2(Cc2ccccc2)CN1C(=O)OC(C)(C)C. The van der Waals surface area contributed by atoms with Crippen LogP contribution in [0.15, 0.2) is 42.0 Å². The van der Waals surface area contributed by atoms with Gasteiger partial charge in [0.2, 0.25) is 0 Å². The number of nitrogens with zero attached hydrogens (tertiary/aromatic N) is 1. The van der Waals surface area contributed by atoms with Crippen LogP contribution in [0.1, 0.15) is 46.6 Å². The maximum absolute atomic E-state index is 13.0. The van der Waals surface area contributed by atoms with Crippen LogP contribution in [-0.2, 0) is 20.7 Å². The normalized spacial score (nSPS) is 26.6. The Bertz CT molecular complexity index is 765. The summed E-state index contributed by atoms with van der Waals surface area (Å²) in [7, 11) is 0. The number of hydrogen-bond acceptors (Lipinski definition) is 4. The highest BCUT2D eigenvalue weighted by Gasteiger charge is 2.59. The van der Waals surface area contributed by atoms with Gasteiger partial charge in [0.15, 0.2) is 0 Å². The van der Waals surface area contributed by atoms with E-state index in [0.29, 0.717) is 13.2 Å². The third-order valence-electron chi connectivity index (χ3n) is 5.86. The maximum atomic E-state index is 13.0. The summed E-state index contributed by atoms with van der Waals surface area (Å²) in [5, 5.41) is 0. The van der Waals surface area contributed by atoms with Crippen molar-refractivity contribution in [2.45, 2.75) is 59.1 Å². The molecule has 1 fully saturated rings. The molecular weight excluding hydrogens is 354 g/mol. The average molecular weight is 386 g/mol. The minimum Gasteiger partial charge on any atom is -0.464 e. The second-order valence-electron chi connectivity index (χ2n) is 8.85. The second-order valence-corrected chi connectivity index (χ2v) is 8.85. The fourth-order valence-corrected chi connectivity index (χ4v) is 4.62. The van der Waals surface area contributed by atoms with Gasteiger partial charge in [0.25, 0.3) is 0 Å². The summed E-state index contributed by atoms with van der Waals surface area (Å²) < 4.78 is 11.0. The molecule has 3 rings (SSSR count). The second kappa shape index (κ2) is 7.61. The number of benzene rings is 1. The van der Waals surface area contributed by atoms with Crippen molar-refractivity contribution in [1.29, 1.82) is 0 Å². The molecule has 1 aromatic carbocycles. The Labute approximate surface area is 167 Å². The van der Waals surface area contributed by atoms with Crippen LogP contribution in [0.25, 0.3) is 0 Å². The van der Waals surface area contributed by atoms with Gasteiger partial charge < -0.3 is 9.47 Å². The van der Waals surface area contributed by atoms with E-state index in [1.807, 2.05) is 39.0 Å². The molecule has 5 heteroatoms. The molecule has 0 unspecified atom stereocenters. The summed E-state index contributed by atoms with van der Waals surface area (Å²) in [4.78, 5) is 27.5. The van der Waals surface area contributed by atoms with Crippen LogP contribution >= 0.6 is 0 Å². The molecule has 1 amide bonds. The fraction of sp³-hybridized carbons (Fsp3) is 0.565. The predicted octanol–water partition coefficient (Wildman–Crippen LogP) is 4.36. The number of carbonyl (C=O) groups is 2. The molecular formula is C23H31NO4. The summed E-state index contributed by atoms with van der Waals surface area (Å²) >= 11 is 0. The quantitative estimate of drug-likeness (QED) is 0.571. The van der Waals surface area contributed by atoms with Crippen molar-refractivity contribution in [3.63, 3.8) is 0 Å². The van der Waals surface area contributed by atoms with Crippen molar-refractivity contribution < 1.29 is 19.1 Å². The summed E-state index contributed by atoms with van der Waals surface area (Å²) in [5.41, 5.74) is 1.55. The summed E-state index contributed by atoms with van der Waals surface area (Å²) in [5.74, 6) is -0.337. The summed E-state index contributed by atoms with van der Waals surface area (Å²) in [6, 6.07) is 9.64. The Kier molecular flexibility index (Phi) is 5.55. The molecule has 0 aromatic heterocycles. The molecule has 152 valence electrons. The Morgan fingerprint density at radius 1 is 1.21 bits per heavy atom. The summed E-state index contributed by atoms with van der Waals surface area (Å²) in [6.07, 6.45) is 3.32. The molecule has 0 bridgehead atoms. The van der Waals surface area contributed by atoms with Crippen molar-refractivity contribution in [2.24, 2.45) is 11.3 Å². The van der Waals surface area contributed by atoms with Crippen molar-refractivity contribution in [3.8, 4) is 0 Å². The van der Waals surface area contributed by atoms with Gasteiger partial charge in [-0.25, -0.2) is 9.59 Å². The third kappa shape index (κ3) is 3.80. The standard InChI is InChI=1S/C23H31NO4/c1-6-27-20(25)19-18-13-12-16(2)23(18,14-17-10-8-7-9-11-17)15-24(19)21(26)28-22(3,4)5/h7-12,18-19H,6,13-15H2,1-5H3/t18-,19+,23-/m1/s1. The van der Waals surface area contributed by atoms with Crippen LogP contribution in [-0.4, -0.2) is 41.8 Å². The highest BCUT2D eigenvalue weighted by Crippen LogP contribution is 2.54. The highest BCUT2D eigenvalue weighted by atomic mass is 16.6. The lowest BCUT2D eigenvalue weighted by Crippen LogP contribution is -2.46. The smallest absolute Gasteiger partial charge is 0.411 e. The van der Waals surface area contributed by atoms with E-state index < -0.39 is 17.7 Å². The Morgan fingerprint density at radius 3 is 2.50 bits per heavy atom. The lowest BCUT2D eigenvalue weighted by Gasteiger charge is -2.32.